The monoisotopic (exact) mass is 313 g/mol. The number of carbonyl (C=O) groups is 2. The number of halogens is 1. The third-order valence-corrected chi connectivity index (χ3v) is 6.48. The largest absolute Gasteiger partial charge is 0.274 e. The maximum absolute atomic E-state index is 12.9. The third-order valence-electron chi connectivity index (χ3n) is 6.08. The van der Waals surface area contributed by atoms with Crippen molar-refractivity contribution in [1.82, 2.24) is 0 Å². The number of hydrogen-bond acceptors (Lipinski definition) is 2. The number of hydrogen-bond donors (Lipinski definition) is 0. The van der Waals surface area contributed by atoms with Gasteiger partial charge >= 0.3 is 0 Å². The summed E-state index contributed by atoms with van der Waals surface area (Å²) in [5.41, 5.74) is 1.57. The van der Waals surface area contributed by atoms with Gasteiger partial charge in [-0.3, -0.25) is 9.59 Å². The van der Waals surface area contributed by atoms with E-state index in [4.69, 9.17) is 11.6 Å². The Kier molecular flexibility index (Phi) is 2.35. The van der Waals surface area contributed by atoms with Crippen molar-refractivity contribution < 1.29 is 9.59 Å². The maximum Gasteiger partial charge on any atom is 0.238 e. The van der Waals surface area contributed by atoms with Gasteiger partial charge in [-0.2, -0.15) is 0 Å². The number of imide groups is 1. The third kappa shape index (κ3) is 1.43. The van der Waals surface area contributed by atoms with Gasteiger partial charge in [0.2, 0.25) is 11.8 Å². The molecule has 1 aromatic carbocycles. The Balaban J connectivity index is 1.58. The standard InChI is InChI=1S/C18H16ClNO2/c1-8-2-3-9(6-14(8)19)20-17(21)15-10-4-5-11(13-7-12(10)13)16(15)18(20)22/h2-6,10-13,15-16H,7H2,1H3/t10-,11-,12-,13-,15-,16+/m1/s1. The molecular formula is C18H16ClNO2. The zero-order valence-corrected chi connectivity index (χ0v) is 13.0. The molecule has 6 rings (SSSR count). The molecule has 2 bridgehead atoms. The summed E-state index contributed by atoms with van der Waals surface area (Å²) in [5.74, 6) is 1.45. The fourth-order valence-electron chi connectivity index (χ4n) is 4.93. The Bertz CT molecular complexity index is 719. The van der Waals surface area contributed by atoms with Gasteiger partial charge in [0.05, 0.1) is 17.5 Å². The van der Waals surface area contributed by atoms with Crippen LogP contribution in [0.3, 0.4) is 0 Å². The molecule has 2 amide bonds. The number of carbonyl (C=O) groups excluding carboxylic acids is 2. The van der Waals surface area contributed by atoms with Crippen molar-refractivity contribution >= 4 is 29.1 Å². The van der Waals surface area contributed by atoms with Crippen molar-refractivity contribution in [3.8, 4) is 0 Å². The Labute approximate surface area is 133 Å². The molecule has 4 aliphatic carbocycles. The maximum atomic E-state index is 12.9. The minimum absolute atomic E-state index is 0.0281. The van der Waals surface area contributed by atoms with Crippen molar-refractivity contribution in [3.05, 3.63) is 40.9 Å². The number of aryl methyl sites for hydroxylation is 1. The van der Waals surface area contributed by atoms with Crippen molar-refractivity contribution in [2.24, 2.45) is 35.5 Å². The summed E-state index contributed by atoms with van der Waals surface area (Å²) < 4.78 is 0. The van der Waals surface area contributed by atoms with Crippen molar-refractivity contribution in [1.29, 1.82) is 0 Å². The molecule has 0 radical (unpaired) electrons. The van der Waals surface area contributed by atoms with Crippen LogP contribution in [0.15, 0.2) is 30.4 Å². The van der Waals surface area contributed by atoms with E-state index in [1.54, 1.807) is 6.07 Å². The average molecular weight is 314 g/mol. The Morgan fingerprint density at radius 3 is 2.18 bits per heavy atom. The van der Waals surface area contributed by atoms with E-state index >= 15 is 0 Å². The zero-order valence-electron chi connectivity index (χ0n) is 12.2. The summed E-state index contributed by atoms with van der Waals surface area (Å²) in [6, 6.07) is 5.43. The van der Waals surface area contributed by atoms with E-state index in [0.29, 0.717) is 22.5 Å². The quantitative estimate of drug-likeness (QED) is 0.590. The molecule has 112 valence electrons. The van der Waals surface area contributed by atoms with Gasteiger partial charge in [-0.25, -0.2) is 4.90 Å². The molecule has 1 saturated heterocycles. The van der Waals surface area contributed by atoms with E-state index in [1.807, 2.05) is 19.1 Å². The minimum Gasteiger partial charge on any atom is -0.274 e. The molecule has 1 aromatic rings. The summed E-state index contributed by atoms with van der Waals surface area (Å²) in [5, 5.41) is 0.594. The van der Waals surface area contributed by atoms with Gasteiger partial charge in [0.25, 0.3) is 0 Å². The number of amides is 2. The summed E-state index contributed by atoms with van der Waals surface area (Å²) in [7, 11) is 0. The second-order valence-corrected chi connectivity index (χ2v) is 7.51. The number of anilines is 1. The second kappa shape index (κ2) is 4.02. The minimum atomic E-state index is -0.147. The number of rotatable bonds is 1. The fourth-order valence-corrected chi connectivity index (χ4v) is 5.11. The highest BCUT2D eigenvalue weighted by molar-refractivity contribution is 6.32. The van der Waals surface area contributed by atoms with Gasteiger partial charge in [0.1, 0.15) is 0 Å². The average Bonchev–Trinajstić information content (AvgIpc) is 3.28. The molecule has 0 unspecified atom stereocenters. The van der Waals surface area contributed by atoms with E-state index in [-0.39, 0.29) is 35.5 Å². The molecule has 5 aliphatic rings. The summed E-state index contributed by atoms with van der Waals surface area (Å²) in [4.78, 5) is 27.2. The van der Waals surface area contributed by atoms with Crippen molar-refractivity contribution in [3.63, 3.8) is 0 Å². The van der Waals surface area contributed by atoms with Crippen LogP contribution >= 0.6 is 11.6 Å². The molecular weight excluding hydrogens is 298 g/mol. The van der Waals surface area contributed by atoms with Crippen LogP contribution in [0.2, 0.25) is 5.02 Å². The highest BCUT2D eigenvalue weighted by Crippen LogP contribution is 2.65. The number of nitrogens with zero attached hydrogens (tertiary/aromatic N) is 1. The zero-order chi connectivity index (χ0) is 15.2. The Morgan fingerprint density at radius 2 is 1.64 bits per heavy atom. The first kappa shape index (κ1) is 12.9. The topological polar surface area (TPSA) is 37.4 Å². The first-order valence-electron chi connectivity index (χ1n) is 7.90. The molecule has 2 saturated carbocycles. The van der Waals surface area contributed by atoms with Crippen LogP contribution < -0.4 is 4.90 Å². The molecule has 1 aliphatic heterocycles. The molecule has 6 atom stereocenters. The second-order valence-electron chi connectivity index (χ2n) is 7.10. The van der Waals surface area contributed by atoms with Crippen LogP contribution in [-0.4, -0.2) is 11.8 Å². The first-order valence-corrected chi connectivity index (χ1v) is 8.28. The molecule has 0 spiro atoms. The number of allylic oxidation sites excluding steroid dienone is 2. The lowest BCUT2D eigenvalue weighted by Gasteiger charge is -2.37. The molecule has 0 N–H and O–H groups in total. The van der Waals surface area contributed by atoms with Crippen LogP contribution in [0, 0.1) is 42.4 Å². The molecule has 4 heteroatoms. The van der Waals surface area contributed by atoms with E-state index in [1.165, 1.54) is 11.3 Å². The van der Waals surface area contributed by atoms with Gasteiger partial charge < -0.3 is 0 Å². The van der Waals surface area contributed by atoms with Gasteiger partial charge in [0.15, 0.2) is 0 Å². The molecule has 0 aromatic heterocycles. The van der Waals surface area contributed by atoms with Gasteiger partial charge in [-0.15, -0.1) is 0 Å². The lowest BCUT2D eigenvalue weighted by Crippen LogP contribution is -2.40. The molecule has 3 fully saturated rings. The van der Waals surface area contributed by atoms with Crippen LogP contribution in [0.25, 0.3) is 0 Å². The fraction of sp³-hybridized carbons (Fsp3) is 0.444. The summed E-state index contributed by atoms with van der Waals surface area (Å²) in [6.45, 7) is 1.91. The molecule has 22 heavy (non-hydrogen) atoms. The summed E-state index contributed by atoms with van der Waals surface area (Å²) in [6.07, 6.45) is 5.57. The van der Waals surface area contributed by atoms with E-state index in [2.05, 4.69) is 12.2 Å². The van der Waals surface area contributed by atoms with Crippen molar-refractivity contribution in [2.75, 3.05) is 4.90 Å². The predicted octanol–water partition coefficient (Wildman–Crippen LogP) is 3.21. The smallest absolute Gasteiger partial charge is 0.238 e. The first-order chi connectivity index (χ1) is 10.6. The van der Waals surface area contributed by atoms with E-state index in [0.717, 1.165) is 5.56 Å². The SMILES string of the molecule is Cc1ccc(N2C(=O)[C@@H]3[C@@H]4C=C[C@H]([C@H]5C[C@H]45)[C@@H]3C2=O)cc1Cl. The highest BCUT2D eigenvalue weighted by Gasteiger charge is 2.67. The van der Waals surface area contributed by atoms with Crippen LogP contribution in [0.1, 0.15) is 12.0 Å². The summed E-state index contributed by atoms with van der Waals surface area (Å²) >= 11 is 6.18. The molecule has 1 heterocycles. The van der Waals surface area contributed by atoms with Crippen molar-refractivity contribution in [2.45, 2.75) is 13.3 Å². The van der Waals surface area contributed by atoms with E-state index in [9.17, 15) is 9.59 Å². The van der Waals surface area contributed by atoms with Crippen LogP contribution in [-0.2, 0) is 9.59 Å². The lowest BCUT2D eigenvalue weighted by atomic mass is 9.63. The predicted molar refractivity (Wildman–Crippen MR) is 83.4 cm³/mol. The van der Waals surface area contributed by atoms with Gasteiger partial charge in [0, 0.05) is 5.02 Å². The van der Waals surface area contributed by atoms with Gasteiger partial charge in [-0.1, -0.05) is 29.8 Å². The van der Waals surface area contributed by atoms with Crippen LogP contribution in [0.4, 0.5) is 5.69 Å². The lowest BCUT2D eigenvalue weighted by molar-refractivity contribution is -0.124. The molecule has 3 nitrogen and oxygen atoms in total. The Hall–Kier alpha value is -1.61. The highest BCUT2D eigenvalue weighted by atomic mass is 35.5. The van der Waals surface area contributed by atoms with E-state index < -0.39 is 0 Å². The Morgan fingerprint density at radius 1 is 1.05 bits per heavy atom. The normalized spacial score (nSPS) is 40.9. The number of benzene rings is 1. The van der Waals surface area contributed by atoms with Gasteiger partial charge in [-0.05, 0) is 54.7 Å². The van der Waals surface area contributed by atoms with Crippen LogP contribution in [0.5, 0.6) is 0 Å².